The van der Waals surface area contributed by atoms with Gasteiger partial charge in [0.25, 0.3) is 0 Å². The maximum absolute atomic E-state index is 13.5. The number of allylic oxidation sites excluding steroid dienone is 2. The lowest BCUT2D eigenvalue weighted by Crippen LogP contribution is -2.50. The number of carbonyl (C=O) groups is 4. The lowest BCUT2D eigenvalue weighted by Gasteiger charge is -2.44. The van der Waals surface area contributed by atoms with Crippen molar-refractivity contribution in [1.82, 2.24) is 9.80 Å². The number of amides is 4. The van der Waals surface area contributed by atoms with Crippen LogP contribution in [0.5, 0.6) is 0 Å². The molecule has 0 aromatic heterocycles. The SMILES string of the molecule is O=C1[C@@H]2C3C=CC([C@H]2C(=O)N1C1CCCCC1)[C@@H]1C(=O)N(C2CCCCC2)C(=O)[C@@H]31. The van der Waals surface area contributed by atoms with Gasteiger partial charge in [-0.3, -0.25) is 29.0 Å². The maximum Gasteiger partial charge on any atom is 0.233 e. The highest BCUT2D eigenvalue weighted by Gasteiger charge is 2.69. The molecule has 0 spiro atoms. The van der Waals surface area contributed by atoms with Gasteiger partial charge in [-0.05, 0) is 25.7 Å². The number of nitrogens with zero attached hydrogens (tertiary/aromatic N) is 2. The molecule has 0 N–H and O–H groups in total. The molecule has 5 fully saturated rings. The van der Waals surface area contributed by atoms with Crippen LogP contribution in [0.3, 0.4) is 0 Å². The van der Waals surface area contributed by atoms with E-state index in [2.05, 4.69) is 0 Å². The van der Waals surface area contributed by atoms with Crippen LogP contribution >= 0.6 is 0 Å². The van der Waals surface area contributed by atoms with Gasteiger partial charge in [0.2, 0.25) is 23.6 Å². The number of hydrogen-bond donors (Lipinski definition) is 0. The van der Waals surface area contributed by atoms with Crippen molar-refractivity contribution < 1.29 is 19.2 Å². The monoisotopic (exact) mass is 410 g/mol. The predicted octanol–water partition coefficient (Wildman–Crippen LogP) is 2.67. The molecule has 2 bridgehead atoms. The molecule has 6 heteroatoms. The van der Waals surface area contributed by atoms with Crippen molar-refractivity contribution in [2.75, 3.05) is 0 Å². The van der Waals surface area contributed by atoms with E-state index < -0.39 is 23.7 Å². The van der Waals surface area contributed by atoms with Crippen molar-refractivity contribution in [1.29, 1.82) is 0 Å². The van der Waals surface area contributed by atoms with E-state index in [1.165, 1.54) is 0 Å². The zero-order valence-corrected chi connectivity index (χ0v) is 17.4. The van der Waals surface area contributed by atoms with E-state index in [4.69, 9.17) is 0 Å². The Morgan fingerprint density at radius 2 is 0.800 bits per heavy atom. The molecule has 3 saturated carbocycles. The second-order valence-corrected chi connectivity index (χ2v) is 10.3. The highest BCUT2D eigenvalue weighted by Crippen LogP contribution is 2.58. The Hall–Kier alpha value is -1.98. The molecule has 0 radical (unpaired) electrons. The molecule has 7 rings (SSSR count). The summed E-state index contributed by atoms with van der Waals surface area (Å²) in [6, 6.07) is 0.0162. The molecule has 5 aliphatic carbocycles. The van der Waals surface area contributed by atoms with Crippen molar-refractivity contribution in [2.45, 2.75) is 76.3 Å². The Labute approximate surface area is 177 Å². The smallest absolute Gasteiger partial charge is 0.233 e. The van der Waals surface area contributed by atoms with Crippen molar-refractivity contribution in [3.8, 4) is 0 Å². The fourth-order valence-corrected chi connectivity index (χ4v) is 7.67. The van der Waals surface area contributed by atoms with Gasteiger partial charge < -0.3 is 0 Å². The molecule has 2 heterocycles. The summed E-state index contributed by atoms with van der Waals surface area (Å²) < 4.78 is 0. The van der Waals surface area contributed by atoms with Gasteiger partial charge in [-0.2, -0.15) is 0 Å². The Morgan fingerprint density at radius 3 is 1.10 bits per heavy atom. The van der Waals surface area contributed by atoms with E-state index in [-0.39, 0.29) is 47.5 Å². The molecule has 2 unspecified atom stereocenters. The van der Waals surface area contributed by atoms with Gasteiger partial charge in [-0.15, -0.1) is 0 Å². The second kappa shape index (κ2) is 6.76. The molecular weight excluding hydrogens is 380 g/mol. The summed E-state index contributed by atoms with van der Waals surface area (Å²) >= 11 is 0. The summed E-state index contributed by atoms with van der Waals surface area (Å²) in [5.41, 5.74) is 0. The van der Waals surface area contributed by atoms with Crippen LogP contribution in [0.2, 0.25) is 0 Å². The third-order valence-electron chi connectivity index (χ3n) is 8.96. The van der Waals surface area contributed by atoms with E-state index in [1.807, 2.05) is 12.2 Å². The molecule has 2 saturated heterocycles. The van der Waals surface area contributed by atoms with E-state index in [0.717, 1.165) is 64.2 Å². The van der Waals surface area contributed by atoms with Gasteiger partial charge in [0.15, 0.2) is 0 Å². The van der Waals surface area contributed by atoms with Gasteiger partial charge in [0.1, 0.15) is 0 Å². The van der Waals surface area contributed by atoms with E-state index in [0.29, 0.717) is 0 Å². The van der Waals surface area contributed by atoms with Crippen LogP contribution in [0.15, 0.2) is 12.2 Å². The number of hydrogen-bond acceptors (Lipinski definition) is 4. The van der Waals surface area contributed by atoms with Gasteiger partial charge in [-0.25, -0.2) is 0 Å². The maximum atomic E-state index is 13.5. The Bertz CT molecular complexity index is 726. The summed E-state index contributed by atoms with van der Waals surface area (Å²) in [6.45, 7) is 0. The normalized spacial score (nSPS) is 41.7. The molecular formula is C24H30N2O4. The van der Waals surface area contributed by atoms with Crippen molar-refractivity contribution in [3.05, 3.63) is 12.2 Å². The highest BCUT2D eigenvalue weighted by molar-refractivity contribution is 6.11. The van der Waals surface area contributed by atoms with Crippen molar-refractivity contribution in [3.63, 3.8) is 0 Å². The minimum atomic E-state index is -0.446. The van der Waals surface area contributed by atoms with Crippen LogP contribution in [-0.4, -0.2) is 45.5 Å². The quantitative estimate of drug-likeness (QED) is 0.518. The first-order chi connectivity index (χ1) is 14.6. The number of imide groups is 2. The lowest BCUT2D eigenvalue weighted by molar-refractivity contribution is -0.143. The standard InChI is InChI=1S/C24H30N2O4/c27-21-17-15-11-12-16(18(17)22(28)25(21)13-7-3-1-4-8-13)20-19(15)23(29)26(24(20)30)14-9-5-2-6-10-14/h11-20H,1-10H2/t15?,16?,17-,18-,19+,20+. The van der Waals surface area contributed by atoms with Crippen LogP contribution in [0.1, 0.15) is 64.2 Å². The molecule has 6 atom stereocenters. The van der Waals surface area contributed by atoms with Crippen molar-refractivity contribution >= 4 is 23.6 Å². The van der Waals surface area contributed by atoms with Crippen molar-refractivity contribution in [2.24, 2.45) is 35.5 Å². The summed E-state index contributed by atoms with van der Waals surface area (Å²) in [7, 11) is 0. The van der Waals surface area contributed by atoms with E-state index >= 15 is 0 Å². The van der Waals surface area contributed by atoms with Crippen LogP contribution in [-0.2, 0) is 19.2 Å². The number of rotatable bonds is 2. The third-order valence-corrected chi connectivity index (χ3v) is 8.96. The average Bonchev–Trinajstić information content (AvgIpc) is 3.22. The zero-order chi connectivity index (χ0) is 20.6. The first-order valence-corrected chi connectivity index (χ1v) is 12.0. The fraction of sp³-hybridized carbons (Fsp3) is 0.750. The zero-order valence-electron chi connectivity index (χ0n) is 17.4. The topological polar surface area (TPSA) is 74.8 Å². The lowest BCUT2D eigenvalue weighted by atomic mass is 9.54. The van der Waals surface area contributed by atoms with Crippen LogP contribution in [0.4, 0.5) is 0 Å². The molecule has 2 aliphatic heterocycles. The highest BCUT2D eigenvalue weighted by atomic mass is 16.2. The summed E-state index contributed by atoms with van der Waals surface area (Å²) in [5, 5.41) is 0. The molecule has 30 heavy (non-hydrogen) atoms. The summed E-state index contributed by atoms with van der Waals surface area (Å²) in [6.07, 6.45) is 14.1. The summed E-state index contributed by atoms with van der Waals surface area (Å²) in [4.78, 5) is 56.9. The van der Waals surface area contributed by atoms with Gasteiger partial charge in [-0.1, -0.05) is 50.7 Å². The molecule has 6 nitrogen and oxygen atoms in total. The fourth-order valence-electron chi connectivity index (χ4n) is 7.67. The molecule has 0 aromatic carbocycles. The average molecular weight is 411 g/mol. The van der Waals surface area contributed by atoms with Crippen LogP contribution in [0.25, 0.3) is 0 Å². The minimum absolute atomic E-state index is 0.00808. The van der Waals surface area contributed by atoms with Gasteiger partial charge in [0, 0.05) is 23.9 Å². The van der Waals surface area contributed by atoms with Crippen LogP contribution in [0, 0.1) is 35.5 Å². The van der Waals surface area contributed by atoms with E-state index in [1.54, 1.807) is 9.80 Å². The largest absolute Gasteiger partial charge is 0.279 e. The first-order valence-electron chi connectivity index (χ1n) is 12.0. The third kappa shape index (κ3) is 2.36. The predicted molar refractivity (Wildman–Crippen MR) is 108 cm³/mol. The second-order valence-electron chi connectivity index (χ2n) is 10.3. The Balaban J connectivity index is 1.33. The van der Waals surface area contributed by atoms with Gasteiger partial charge >= 0.3 is 0 Å². The Morgan fingerprint density at radius 1 is 0.500 bits per heavy atom. The number of carbonyl (C=O) groups excluding carboxylic acids is 4. The molecule has 7 aliphatic rings. The first kappa shape index (κ1) is 18.8. The van der Waals surface area contributed by atoms with Crippen LogP contribution < -0.4 is 0 Å². The Kier molecular flexibility index (Phi) is 4.23. The summed E-state index contributed by atoms with van der Waals surface area (Å²) in [5.74, 6) is -2.70. The minimum Gasteiger partial charge on any atom is -0.279 e. The molecule has 4 amide bonds. The van der Waals surface area contributed by atoms with Gasteiger partial charge in [0.05, 0.1) is 23.7 Å². The van der Waals surface area contributed by atoms with E-state index in [9.17, 15) is 19.2 Å². The molecule has 160 valence electrons. The number of likely N-dealkylation sites (tertiary alicyclic amines) is 2. The molecule has 0 aromatic rings.